The maximum atomic E-state index is 12.7. The van der Waals surface area contributed by atoms with Gasteiger partial charge < -0.3 is 10.6 Å². The number of alkyl halides is 3. The highest BCUT2D eigenvalue weighted by molar-refractivity contribution is 5.99. The largest absolute Gasteiger partial charge is 0.416 e. The third kappa shape index (κ3) is 5.28. The van der Waals surface area contributed by atoms with E-state index in [4.69, 9.17) is 0 Å². The van der Waals surface area contributed by atoms with Gasteiger partial charge in [-0.25, -0.2) is 0 Å². The summed E-state index contributed by atoms with van der Waals surface area (Å²) >= 11 is 0. The Hall–Kier alpha value is -1.72. The fraction of sp³-hybridized carbons (Fsp3) is 0.533. The molecule has 0 bridgehead atoms. The molecule has 0 atom stereocenters. The minimum atomic E-state index is -4.46. The number of benzene rings is 1. The van der Waals surface area contributed by atoms with Gasteiger partial charge in [-0.3, -0.25) is 4.79 Å². The number of amides is 1. The lowest BCUT2D eigenvalue weighted by molar-refractivity contribution is -0.137. The van der Waals surface area contributed by atoms with E-state index >= 15 is 0 Å². The number of halogens is 3. The van der Waals surface area contributed by atoms with Gasteiger partial charge in [-0.15, -0.1) is 0 Å². The van der Waals surface area contributed by atoms with Gasteiger partial charge in [-0.1, -0.05) is 13.8 Å². The van der Waals surface area contributed by atoms with Crippen molar-refractivity contribution in [1.29, 1.82) is 0 Å². The first-order chi connectivity index (χ1) is 9.75. The Labute approximate surface area is 122 Å². The predicted octanol–water partition coefficient (Wildman–Crippen LogP) is 3.91. The normalized spacial score (nSPS) is 11.6. The molecule has 1 aromatic rings. The van der Waals surface area contributed by atoms with Crippen LogP contribution < -0.4 is 10.6 Å². The van der Waals surface area contributed by atoms with Crippen molar-refractivity contribution in [2.75, 3.05) is 18.9 Å². The smallest absolute Gasteiger partial charge is 0.387 e. The maximum Gasteiger partial charge on any atom is 0.416 e. The molecule has 0 aliphatic carbocycles. The molecule has 1 rings (SSSR count). The third-order valence-electron chi connectivity index (χ3n) is 3.10. The number of nitrogens with one attached hydrogen (secondary N) is 2. The first-order valence-corrected chi connectivity index (χ1v) is 6.93. The summed E-state index contributed by atoms with van der Waals surface area (Å²) < 4.78 is 38.1. The van der Waals surface area contributed by atoms with Crippen LogP contribution in [0.5, 0.6) is 0 Å². The van der Waals surface area contributed by atoms with E-state index in [1.165, 1.54) is 6.07 Å². The van der Waals surface area contributed by atoms with Crippen molar-refractivity contribution in [3.05, 3.63) is 29.3 Å². The zero-order chi connectivity index (χ0) is 16.0. The standard InChI is InChI=1S/C15H21F3N2O/c1-10(2)5-4-8-20-14(21)12-9-11(15(16,17)18)6-7-13(12)19-3/h6-7,9-10,19H,4-5,8H2,1-3H3,(H,20,21). The monoisotopic (exact) mass is 302 g/mol. The number of carbonyl (C=O) groups is 1. The highest BCUT2D eigenvalue weighted by atomic mass is 19.4. The van der Waals surface area contributed by atoms with E-state index in [1.807, 2.05) is 0 Å². The molecule has 1 aromatic carbocycles. The molecule has 0 fully saturated rings. The molecule has 21 heavy (non-hydrogen) atoms. The Morgan fingerprint density at radius 1 is 1.29 bits per heavy atom. The van der Waals surface area contributed by atoms with Crippen molar-refractivity contribution in [3.63, 3.8) is 0 Å². The van der Waals surface area contributed by atoms with Crippen LogP contribution in [0.2, 0.25) is 0 Å². The third-order valence-corrected chi connectivity index (χ3v) is 3.10. The van der Waals surface area contributed by atoms with Crippen LogP contribution in [-0.2, 0) is 6.18 Å². The van der Waals surface area contributed by atoms with E-state index in [2.05, 4.69) is 24.5 Å². The fourth-order valence-electron chi connectivity index (χ4n) is 1.93. The number of hydrogen-bond donors (Lipinski definition) is 2. The number of hydrogen-bond acceptors (Lipinski definition) is 2. The Morgan fingerprint density at radius 2 is 1.95 bits per heavy atom. The van der Waals surface area contributed by atoms with E-state index < -0.39 is 17.6 Å². The zero-order valence-electron chi connectivity index (χ0n) is 12.5. The molecule has 0 spiro atoms. The summed E-state index contributed by atoms with van der Waals surface area (Å²) in [7, 11) is 1.57. The van der Waals surface area contributed by atoms with Crippen LogP contribution in [0.25, 0.3) is 0 Å². The van der Waals surface area contributed by atoms with E-state index in [0.29, 0.717) is 18.2 Å². The van der Waals surface area contributed by atoms with Gasteiger partial charge in [0.1, 0.15) is 0 Å². The van der Waals surface area contributed by atoms with Gasteiger partial charge in [0.05, 0.1) is 11.1 Å². The molecule has 0 radical (unpaired) electrons. The van der Waals surface area contributed by atoms with Crippen molar-refractivity contribution in [2.24, 2.45) is 5.92 Å². The number of anilines is 1. The van der Waals surface area contributed by atoms with Crippen LogP contribution in [0.1, 0.15) is 42.6 Å². The lowest BCUT2D eigenvalue weighted by Crippen LogP contribution is -2.26. The summed E-state index contributed by atoms with van der Waals surface area (Å²) in [5, 5.41) is 5.40. The molecule has 0 heterocycles. The van der Waals surface area contributed by atoms with Crippen LogP contribution in [0.15, 0.2) is 18.2 Å². The van der Waals surface area contributed by atoms with Crippen LogP contribution >= 0.6 is 0 Å². The first kappa shape index (κ1) is 17.3. The SMILES string of the molecule is CNc1ccc(C(F)(F)F)cc1C(=O)NCCCC(C)C. The summed E-state index contributed by atoms with van der Waals surface area (Å²) in [5.74, 6) is 0.0394. The average Bonchev–Trinajstić information content (AvgIpc) is 2.41. The van der Waals surface area contributed by atoms with E-state index in [9.17, 15) is 18.0 Å². The van der Waals surface area contributed by atoms with Gasteiger partial charge in [-0.05, 0) is 37.0 Å². The molecule has 3 nitrogen and oxygen atoms in total. The summed E-state index contributed by atoms with van der Waals surface area (Å²) in [4.78, 5) is 12.0. The van der Waals surface area contributed by atoms with E-state index in [1.54, 1.807) is 7.05 Å². The molecule has 0 aromatic heterocycles. The minimum Gasteiger partial charge on any atom is -0.387 e. The second kappa shape index (κ2) is 7.33. The van der Waals surface area contributed by atoms with Crippen molar-refractivity contribution in [2.45, 2.75) is 32.9 Å². The number of carbonyl (C=O) groups excluding carboxylic acids is 1. The first-order valence-electron chi connectivity index (χ1n) is 6.93. The molecular formula is C15H21F3N2O. The van der Waals surface area contributed by atoms with Crippen LogP contribution in [0.3, 0.4) is 0 Å². The second-order valence-electron chi connectivity index (χ2n) is 5.30. The zero-order valence-corrected chi connectivity index (χ0v) is 12.5. The second-order valence-corrected chi connectivity index (χ2v) is 5.30. The van der Waals surface area contributed by atoms with Crippen LogP contribution in [0, 0.1) is 5.92 Å². The maximum absolute atomic E-state index is 12.7. The molecule has 6 heteroatoms. The number of rotatable bonds is 6. The lowest BCUT2D eigenvalue weighted by atomic mass is 10.1. The molecule has 0 saturated carbocycles. The Morgan fingerprint density at radius 3 is 2.48 bits per heavy atom. The minimum absolute atomic E-state index is 0.0110. The fourth-order valence-corrected chi connectivity index (χ4v) is 1.93. The van der Waals surface area contributed by atoms with Gasteiger partial charge in [0.25, 0.3) is 5.91 Å². The highest BCUT2D eigenvalue weighted by Gasteiger charge is 2.31. The molecule has 0 unspecified atom stereocenters. The molecule has 118 valence electrons. The Balaban J connectivity index is 2.81. The van der Waals surface area contributed by atoms with Gasteiger partial charge in [0.15, 0.2) is 0 Å². The van der Waals surface area contributed by atoms with Crippen molar-refractivity contribution in [1.82, 2.24) is 5.32 Å². The van der Waals surface area contributed by atoms with Crippen molar-refractivity contribution >= 4 is 11.6 Å². The van der Waals surface area contributed by atoms with Crippen molar-refractivity contribution in [3.8, 4) is 0 Å². The van der Waals surface area contributed by atoms with Gasteiger partial charge >= 0.3 is 6.18 Å². The highest BCUT2D eigenvalue weighted by Crippen LogP contribution is 2.31. The summed E-state index contributed by atoms with van der Waals surface area (Å²) in [6.45, 7) is 4.61. The molecule has 1 amide bonds. The molecule has 0 aliphatic rings. The summed E-state index contributed by atoms with van der Waals surface area (Å²) in [6.07, 6.45) is -2.70. The van der Waals surface area contributed by atoms with Crippen molar-refractivity contribution < 1.29 is 18.0 Å². The topological polar surface area (TPSA) is 41.1 Å². The predicted molar refractivity (Wildman–Crippen MR) is 77.4 cm³/mol. The Kier molecular flexibility index (Phi) is 6.05. The summed E-state index contributed by atoms with van der Waals surface area (Å²) in [6, 6.07) is 3.11. The molecule has 2 N–H and O–H groups in total. The van der Waals surface area contributed by atoms with Gasteiger partial charge in [-0.2, -0.15) is 13.2 Å². The van der Waals surface area contributed by atoms with Gasteiger partial charge in [0, 0.05) is 19.3 Å². The van der Waals surface area contributed by atoms with E-state index in [0.717, 1.165) is 25.0 Å². The van der Waals surface area contributed by atoms with E-state index in [-0.39, 0.29) is 5.56 Å². The molecule has 0 saturated heterocycles. The van der Waals surface area contributed by atoms with Crippen LogP contribution in [0.4, 0.5) is 18.9 Å². The summed E-state index contributed by atoms with van der Waals surface area (Å²) in [5.41, 5.74) is -0.435. The Bertz CT molecular complexity index is 484. The van der Waals surface area contributed by atoms with Gasteiger partial charge in [0.2, 0.25) is 0 Å². The lowest BCUT2D eigenvalue weighted by Gasteiger charge is -2.13. The quantitative estimate of drug-likeness (QED) is 0.782. The average molecular weight is 302 g/mol. The van der Waals surface area contributed by atoms with Crippen LogP contribution in [-0.4, -0.2) is 19.5 Å². The molecule has 0 aliphatic heterocycles. The molecular weight excluding hydrogens is 281 g/mol.